The molecule has 2 N–H and O–H groups in total. The van der Waals surface area contributed by atoms with Crippen LogP contribution in [-0.4, -0.2) is 46.7 Å². The van der Waals surface area contributed by atoms with Crippen molar-refractivity contribution in [2.45, 2.75) is 38.6 Å². The number of aryl methyl sites for hydroxylation is 1. The number of hydrogen-bond acceptors (Lipinski definition) is 6. The predicted octanol–water partition coefficient (Wildman–Crippen LogP) is 1.04. The van der Waals surface area contributed by atoms with E-state index in [0.717, 1.165) is 36.9 Å². The van der Waals surface area contributed by atoms with Gasteiger partial charge in [0.2, 0.25) is 5.13 Å². The lowest BCUT2D eigenvalue weighted by Crippen LogP contribution is -2.39. The smallest absolute Gasteiger partial charge is 0.205 e. The zero-order valence-electron chi connectivity index (χ0n) is 10.9. The second-order valence-electron chi connectivity index (χ2n) is 4.71. The van der Waals surface area contributed by atoms with Crippen molar-refractivity contribution >= 4 is 16.7 Å². The Labute approximate surface area is 112 Å². The molecule has 0 radical (unpaired) electrons. The molecule has 1 atom stereocenters. The molecule has 2 rings (SSSR count). The maximum absolute atomic E-state index is 9.18. The Morgan fingerprint density at radius 2 is 2.44 bits per heavy atom. The van der Waals surface area contributed by atoms with Gasteiger partial charge in [-0.25, -0.2) is 4.98 Å². The van der Waals surface area contributed by atoms with Crippen LogP contribution >= 0.6 is 11.5 Å². The predicted molar refractivity (Wildman–Crippen MR) is 74.2 cm³/mol. The molecule has 1 fully saturated rings. The van der Waals surface area contributed by atoms with Crippen LogP contribution in [-0.2, 0) is 6.42 Å². The molecule has 0 spiro atoms. The SMILES string of the molecule is CCCc1nsc(N(CCO)CC2CCCN2)n1. The Morgan fingerprint density at radius 3 is 3.11 bits per heavy atom. The van der Waals surface area contributed by atoms with Crippen LogP contribution in [0.1, 0.15) is 32.0 Å². The summed E-state index contributed by atoms with van der Waals surface area (Å²) >= 11 is 1.45. The van der Waals surface area contributed by atoms with Crippen LogP contribution in [0.3, 0.4) is 0 Å². The van der Waals surface area contributed by atoms with Crippen molar-refractivity contribution in [3.8, 4) is 0 Å². The van der Waals surface area contributed by atoms with Crippen LogP contribution in [0.15, 0.2) is 0 Å². The molecule has 0 aliphatic carbocycles. The lowest BCUT2D eigenvalue weighted by Gasteiger charge is -2.23. The largest absolute Gasteiger partial charge is 0.395 e. The summed E-state index contributed by atoms with van der Waals surface area (Å²) in [5.41, 5.74) is 0. The molecule has 1 unspecified atom stereocenters. The lowest BCUT2D eigenvalue weighted by atomic mass is 10.2. The highest BCUT2D eigenvalue weighted by Crippen LogP contribution is 2.19. The third kappa shape index (κ3) is 3.63. The maximum Gasteiger partial charge on any atom is 0.205 e. The molecule has 1 aliphatic heterocycles. The lowest BCUT2D eigenvalue weighted by molar-refractivity contribution is 0.300. The molecule has 1 aromatic heterocycles. The first-order valence-corrected chi connectivity index (χ1v) is 7.52. The van der Waals surface area contributed by atoms with Crippen molar-refractivity contribution in [2.24, 2.45) is 0 Å². The second-order valence-corrected chi connectivity index (χ2v) is 5.44. The molecule has 5 nitrogen and oxygen atoms in total. The van der Waals surface area contributed by atoms with Crippen molar-refractivity contribution < 1.29 is 5.11 Å². The van der Waals surface area contributed by atoms with Crippen molar-refractivity contribution in [1.82, 2.24) is 14.7 Å². The van der Waals surface area contributed by atoms with Gasteiger partial charge in [0, 0.05) is 37.1 Å². The topological polar surface area (TPSA) is 61.3 Å². The molecular weight excluding hydrogens is 248 g/mol. The molecule has 102 valence electrons. The molecule has 0 saturated carbocycles. The fourth-order valence-corrected chi connectivity index (χ4v) is 3.01. The highest BCUT2D eigenvalue weighted by Gasteiger charge is 2.20. The third-order valence-electron chi connectivity index (χ3n) is 3.17. The van der Waals surface area contributed by atoms with E-state index in [4.69, 9.17) is 0 Å². The van der Waals surface area contributed by atoms with E-state index in [-0.39, 0.29) is 6.61 Å². The van der Waals surface area contributed by atoms with Gasteiger partial charge in [0.25, 0.3) is 0 Å². The molecule has 1 aliphatic rings. The van der Waals surface area contributed by atoms with Gasteiger partial charge in [0.15, 0.2) is 0 Å². The summed E-state index contributed by atoms with van der Waals surface area (Å²) in [6.45, 7) is 4.96. The Balaban J connectivity index is 1.97. The first-order chi connectivity index (χ1) is 8.83. The second kappa shape index (κ2) is 7.01. The van der Waals surface area contributed by atoms with Crippen LogP contribution < -0.4 is 10.2 Å². The molecule has 0 amide bonds. The van der Waals surface area contributed by atoms with E-state index in [1.807, 2.05) is 0 Å². The first-order valence-electron chi connectivity index (χ1n) is 6.75. The average Bonchev–Trinajstić information content (AvgIpc) is 3.00. The van der Waals surface area contributed by atoms with Crippen molar-refractivity contribution in [1.29, 1.82) is 0 Å². The highest BCUT2D eigenvalue weighted by atomic mass is 32.1. The monoisotopic (exact) mass is 270 g/mol. The van der Waals surface area contributed by atoms with E-state index < -0.39 is 0 Å². The van der Waals surface area contributed by atoms with Gasteiger partial charge in [-0.2, -0.15) is 4.37 Å². The van der Waals surface area contributed by atoms with E-state index in [2.05, 4.69) is 26.5 Å². The van der Waals surface area contributed by atoms with E-state index >= 15 is 0 Å². The number of aliphatic hydroxyl groups excluding tert-OH is 1. The Hall–Kier alpha value is -0.720. The fraction of sp³-hybridized carbons (Fsp3) is 0.833. The minimum absolute atomic E-state index is 0.162. The standard InChI is InChI=1S/C12H22N4OS/c1-2-4-11-14-12(18-15-11)16(7-8-17)9-10-5-3-6-13-10/h10,13,17H,2-9H2,1H3. The quantitative estimate of drug-likeness (QED) is 0.775. The van der Waals surface area contributed by atoms with Gasteiger partial charge in [-0.05, 0) is 25.8 Å². The third-order valence-corrected chi connectivity index (χ3v) is 3.99. The van der Waals surface area contributed by atoms with Crippen molar-refractivity contribution in [2.75, 3.05) is 31.1 Å². The van der Waals surface area contributed by atoms with Crippen LogP contribution in [0.5, 0.6) is 0 Å². The van der Waals surface area contributed by atoms with E-state index in [1.165, 1.54) is 24.4 Å². The zero-order valence-corrected chi connectivity index (χ0v) is 11.7. The Kier molecular flexibility index (Phi) is 5.34. The molecular formula is C12H22N4OS. The van der Waals surface area contributed by atoms with Crippen LogP contribution in [0.2, 0.25) is 0 Å². The molecule has 1 aromatic rings. The molecule has 0 aromatic carbocycles. The van der Waals surface area contributed by atoms with Gasteiger partial charge < -0.3 is 15.3 Å². The zero-order chi connectivity index (χ0) is 12.8. The minimum Gasteiger partial charge on any atom is -0.395 e. The van der Waals surface area contributed by atoms with E-state index in [1.54, 1.807) is 0 Å². The van der Waals surface area contributed by atoms with Gasteiger partial charge in [-0.3, -0.25) is 0 Å². The molecule has 2 heterocycles. The first kappa shape index (κ1) is 13.7. The summed E-state index contributed by atoms with van der Waals surface area (Å²) in [5.74, 6) is 0.930. The number of hydrogen-bond donors (Lipinski definition) is 2. The van der Waals surface area contributed by atoms with Gasteiger partial charge in [0.05, 0.1) is 6.61 Å². The normalized spacial score (nSPS) is 19.3. The molecule has 1 saturated heterocycles. The van der Waals surface area contributed by atoms with Crippen LogP contribution in [0.25, 0.3) is 0 Å². The fourth-order valence-electron chi connectivity index (χ4n) is 2.26. The maximum atomic E-state index is 9.18. The van der Waals surface area contributed by atoms with E-state index in [9.17, 15) is 5.11 Å². The van der Waals surface area contributed by atoms with Crippen molar-refractivity contribution in [3.05, 3.63) is 5.82 Å². The Bertz CT molecular complexity index is 352. The van der Waals surface area contributed by atoms with Gasteiger partial charge >= 0.3 is 0 Å². The summed E-state index contributed by atoms with van der Waals surface area (Å²) < 4.78 is 4.37. The summed E-state index contributed by atoms with van der Waals surface area (Å²) in [4.78, 5) is 6.71. The minimum atomic E-state index is 0.162. The van der Waals surface area contributed by atoms with Gasteiger partial charge in [0.1, 0.15) is 5.82 Å². The summed E-state index contributed by atoms with van der Waals surface area (Å²) in [6.07, 6.45) is 4.46. The number of aliphatic hydroxyl groups is 1. The number of anilines is 1. The van der Waals surface area contributed by atoms with E-state index in [0.29, 0.717) is 12.6 Å². The highest BCUT2D eigenvalue weighted by molar-refractivity contribution is 7.09. The molecule has 6 heteroatoms. The number of aromatic nitrogens is 2. The van der Waals surface area contributed by atoms with Gasteiger partial charge in [-0.15, -0.1) is 0 Å². The summed E-state index contributed by atoms with van der Waals surface area (Å²) in [5, 5.41) is 13.6. The average molecular weight is 270 g/mol. The molecule has 18 heavy (non-hydrogen) atoms. The number of nitrogens with zero attached hydrogens (tertiary/aromatic N) is 3. The van der Waals surface area contributed by atoms with Crippen LogP contribution in [0.4, 0.5) is 5.13 Å². The number of nitrogens with one attached hydrogen (secondary N) is 1. The molecule has 0 bridgehead atoms. The van der Waals surface area contributed by atoms with Gasteiger partial charge in [-0.1, -0.05) is 6.92 Å². The summed E-state index contributed by atoms with van der Waals surface area (Å²) in [7, 11) is 0. The van der Waals surface area contributed by atoms with Crippen molar-refractivity contribution in [3.63, 3.8) is 0 Å². The summed E-state index contributed by atoms with van der Waals surface area (Å²) in [6, 6.07) is 0.523. The number of rotatable bonds is 7. The Morgan fingerprint density at radius 1 is 1.56 bits per heavy atom. The van der Waals surface area contributed by atoms with Crippen LogP contribution in [0, 0.1) is 0 Å².